The van der Waals surface area contributed by atoms with E-state index in [4.69, 9.17) is 4.74 Å². The van der Waals surface area contributed by atoms with Crippen molar-refractivity contribution >= 4 is 0 Å². The maximum atomic E-state index is 5.89. The second kappa shape index (κ2) is 5.97. The minimum absolute atomic E-state index is 0.435. The molecule has 1 saturated carbocycles. The standard InChI is InChI=1S/C13H20N2O/c1-14-12-4-6-13(7-5-12)16-10-11-3-2-8-15-9-11/h2-3,8-9,12-14H,4-7,10H2,1H3. The summed E-state index contributed by atoms with van der Waals surface area (Å²) in [4.78, 5) is 4.08. The topological polar surface area (TPSA) is 34.1 Å². The molecule has 0 bridgehead atoms. The van der Waals surface area contributed by atoms with Gasteiger partial charge in [-0.25, -0.2) is 0 Å². The van der Waals surface area contributed by atoms with Gasteiger partial charge in [0.25, 0.3) is 0 Å². The summed E-state index contributed by atoms with van der Waals surface area (Å²) in [6.07, 6.45) is 8.91. The second-order valence-corrected chi connectivity index (χ2v) is 4.43. The van der Waals surface area contributed by atoms with E-state index in [-0.39, 0.29) is 0 Å². The van der Waals surface area contributed by atoms with Gasteiger partial charge in [0.2, 0.25) is 0 Å². The van der Waals surface area contributed by atoms with E-state index in [0.717, 1.165) is 0 Å². The van der Waals surface area contributed by atoms with Gasteiger partial charge in [0.15, 0.2) is 0 Å². The van der Waals surface area contributed by atoms with Crippen molar-refractivity contribution in [3.05, 3.63) is 30.1 Å². The number of ether oxygens (including phenoxy) is 1. The van der Waals surface area contributed by atoms with Crippen LogP contribution in [0.4, 0.5) is 0 Å². The monoisotopic (exact) mass is 220 g/mol. The molecule has 1 heterocycles. The Kier molecular flexibility index (Phi) is 4.31. The molecule has 2 rings (SSSR count). The summed E-state index contributed by atoms with van der Waals surface area (Å²) < 4.78 is 5.89. The molecule has 0 atom stereocenters. The van der Waals surface area contributed by atoms with E-state index >= 15 is 0 Å². The zero-order valence-corrected chi connectivity index (χ0v) is 9.86. The van der Waals surface area contributed by atoms with Crippen molar-refractivity contribution < 1.29 is 4.74 Å². The molecule has 0 unspecified atom stereocenters. The molecule has 1 aromatic heterocycles. The Bertz CT molecular complexity index is 294. The van der Waals surface area contributed by atoms with E-state index in [2.05, 4.69) is 16.4 Å². The first-order valence-corrected chi connectivity index (χ1v) is 6.06. The first-order chi connectivity index (χ1) is 7.88. The minimum atomic E-state index is 0.435. The van der Waals surface area contributed by atoms with Crippen LogP contribution in [0, 0.1) is 0 Å². The molecule has 1 fully saturated rings. The summed E-state index contributed by atoms with van der Waals surface area (Å²) in [5.74, 6) is 0. The maximum Gasteiger partial charge on any atom is 0.0735 e. The van der Waals surface area contributed by atoms with E-state index < -0.39 is 0 Å². The second-order valence-electron chi connectivity index (χ2n) is 4.43. The first-order valence-electron chi connectivity index (χ1n) is 6.06. The van der Waals surface area contributed by atoms with Gasteiger partial charge in [-0.05, 0) is 44.4 Å². The van der Waals surface area contributed by atoms with Gasteiger partial charge in [-0.2, -0.15) is 0 Å². The number of pyridine rings is 1. The lowest BCUT2D eigenvalue weighted by Crippen LogP contribution is -2.32. The molecule has 1 aromatic rings. The van der Waals surface area contributed by atoms with Crippen molar-refractivity contribution in [1.29, 1.82) is 0 Å². The van der Waals surface area contributed by atoms with Crippen LogP contribution < -0.4 is 5.32 Å². The van der Waals surface area contributed by atoms with Crippen molar-refractivity contribution in [3.8, 4) is 0 Å². The fourth-order valence-electron chi connectivity index (χ4n) is 2.22. The number of rotatable bonds is 4. The highest BCUT2D eigenvalue weighted by molar-refractivity contribution is 5.06. The van der Waals surface area contributed by atoms with Crippen LogP contribution in [0.3, 0.4) is 0 Å². The van der Waals surface area contributed by atoms with E-state index in [1.165, 1.54) is 31.2 Å². The lowest BCUT2D eigenvalue weighted by Gasteiger charge is -2.28. The summed E-state index contributed by atoms with van der Waals surface area (Å²) in [6, 6.07) is 4.71. The molecule has 0 radical (unpaired) electrons. The molecule has 0 spiro atoms. The van der Waals surface area contributed by atoms with Crippen LogP contribution in [-0.4, -0.2) is 24.2 Å². The molecule has 1 aliphatic carbocycles. The minimum Gasteiger partial charge on any atom is -0.373 e. The van der Waals surface area contributed by atoms with Crippen molar-refractivity contribution in [1.82, 2.24) is 10.3 Å². The number of nitrogens with one attached hydrogen (secondary N) is 1. The lowest BCUT2D eigenvalue weighted by atomic mass is 9.93. The number of nitrogens with zero attached hydrogens (tertiary/aromatic N) is 1. The quantitative estimate of drug-likeness (QED) is 0.844. The fourth-order valence-corrected chi connectivity index (χ4v) is 2.22. The smallest absolute Gasteiger partial charge is 0.0735 e. The SMILES string of the molecule is CNC1CCC(OCc2cccnc2)CC1. The highest BCUT2D eigenvalue weighted by Crippen LogP contribution is 2.21. The zero-order chi connectivity index (χ0) is 11.2. The van der Waals surface area contributed by atoms with E-state index in [1.807, 2.05) is 19.3 Å². The van der Waals surface area contributed by atoms with Crippen LogP contribution in [-0.2, 0) is 11.3 Å². The van der Waals surface area contributed by atoms with Crippen LogP contribution in [0.5, 0.6) is 0 Å². The molecule has 1 N–H and O–H groups in total. The summed E-state index contributed by atoms with van der Waals surface area (Å²) in [5, 5.41) is 3.33. The van der Waals surface area contributed by atoms with Gasteiger partial charge in [-0.3, -0.25) is 4.98 Å². The predicted molar refractivity (Wildman–Crippen MR) is 64.1 cm³/mol. The van der Waals surface area contributed by atoms with E-state index in [1.54, 1.807) is 6.20 Å². The van der Waals surface area contributed by atoms with Gasteiger partial charge in [-0.15, -0.1) is 0 Å². The van der Waals surface area contributed by atoms with E-state index in [9.17, 15) is 0 Å². The number of aromatic nitrogens is 1. The van der Waals surface area contributed by atoms with Crippen LogP contribution >= 0.6 is 0 Å². The van der Waals surface area contributed by atoms with Gasteiger partial charge in [0, 0.05) is 18.4 Å². The number of hydrogen-bond acceptors (Lipinski definition) is 3. The van der Waals surface area contributed by atoms with E-state index in [0.29, 0.717) is 18.8 Å². The van der Waals surface area contributed by atoms with Crippen LogP contribution in [0.15, 0.2) is 24.5 Å². The fraction of sp³-hybridized carbons (Fsp3) is 0.615. The average molecular weight is 220 g/mol. The summed E-state index contributed by atoms with van der Waals surface area (Å²) in [6.45, 7) is 0.697. The molecule has 0 amide bonds. The molecule has 0 aromatic carbocycles. The summed E-state index contributed by atoms with van der Waals surface area (Å²) in [5.41, 5.74) is 1.17. The molecular weight excluding hydrogens is 200 g/mol. The van der Waals surface area contributed by atoms with Crippen LogP contribution in [0.2, 0.25) is 0 Å². The third-order valence-corrected chi connectivity index (χ3v) is 3.29. The molecule has 16 heavy (non-hydrogen) atoms. The Morgan fingerprint density at radius 1 is 1.38 bits per heavy atom. The zero-order valence-electron chi connectivity index (χ0n) is 9.86. The average Bonchev–Trinajstić information content (AvgIpc) is 2.38. The van der Waals surface area contributed by atoms with Gasteiger partial charge >= 0.3 is 0 Å². The molecular formula is C13H20N2O. The first kappa shape index (κ1) is 11.6. The molecule has 88 valence electrons. The molecule has 0 saturated heterocycles. The third kappa shape index (κ3) is 3.29. The Labute approximate surface area is 97.2 Å². The highest BCUT2D eigenvalue weighted by Gasteiger charge is 2.20. The Morgan fingerprint density at radius 3 is 2.81 bits per heavy atom. The maximum absolute atomic E-state index is 5.89. The van der Waals surface area contributed by atoms with Gasteiger partial charge in [0.05, 0.1) is 12.7 Å². The van der Waals surface area contributed by atoms with Crippen molar-refractivity contribution in [2.24, 2.45) is 0 Å². The molecule has 3 nitrogen and oxygen atoms in total. The summed E-state index contributed by atoms with van der Waals surface area (Å²) >= 11 is 0. The highest BCUT2D eigenvalue weighted by atomic mass is 16.5. The molecule has 3 heteroatoms. The van der Waals surface area contributed by atoms with Crippen molar-refractivity contribution in [2.75, 3.05) is 7.05 Å². The van der Waals surface area contributed by atoms with Crippen molar-refractivity contribution in [3.63, 3.8) is 0 Å². The molecule has 0 aliphatic heterocycles. The van der Waals surface area contributed by atoms with Gasteiger partial charge in [-0.1, -0.05) is 6.07 Å². The Morgan fingerprint density at radius 2 is 2.19 bits per heavy atom. The normalized spacial score (nSPS) is 25.6. The van der Waals surface area contributed by atoms with Gasteiger partial charge in [0.1, 0.15) is 0 Å². The predicted octanol–water partition coefficient (Wildman–Crippen LogP) is 2.13. The van der Waals surface area contributed by atoms with Crippen molar-refractivity contribution in [2.45, 2.75) is 44.4 Å². The number of hydrogen-bond donors (Lipinski definition) is 1. The Hall–Kier alpha value is -0.930. The van der Waals surface area contributed by atoms with Gasteiger partial charge < -0.3 is 10.1 Å². The van der Waals surface area contributed by atoms with Crippen LogP contribution in [0.1, 0.15) is 31.2 Å². The van der Waals surface area contributed by atoms with Crippen LogP contribution in [0.25, 0.3) is 0 Å². The summed E-state index contributed by atoms with van der Waals surface area (Å²) in [7, 11) is 2.04. The Balaban J connectivity index is 1.72. The molecule has 1 aliphatic rings. The third-order valence-electron chi connectivity index (χ3n) is 3.29. The lowest BCUT2D eigenvalue weighted by molar-refractivity contribution is 0.0117. The largest absolute Gasteiger partial charge is 0.373 e.